The van der Waals surface area contributed by atoms with E-state index in [4.69, 9.17) is 11.6 Å². The fraction of sp³-hybridized carbons (Fsp3) is 1.00. The summed E-state index contributed by atoms with van der Waals surface area (Å²) in [6.45, 7) is 6.89. The highest BCUT2D eigenvalue weighted by atomic mass is 35.5. The Balaban J connectivity index is 0.00000121. The standard InChI is InChI=1S/C10H19Cl.Mg.2H/c1-7(2)9-5-4-8(3)6-10(9)11;;;/h7-10H,4-6H2,1-3H3;;;. The Morgan fingerprint density at radius 3 is 2.25 bits per heavy atom. The Hall–Kier alpha value is 1.06. The first kappa shape index (κ1) is 13.1. The Bertz CT molecular complexity index is 125. The number of hydrogen-bond donors (Lipinski definition) is 0. The second-order valence-electron chi connectivity index (χ2n) is 4.34. The quantitative estimate of drug-likeness (QED) is 0.452. The molecule has 0 aromatic carbocycles. The third kappa shape index (κ3) is 3.43. The fourth-order valence-electron chi connectivity index (χ4n) is 2.09. The lowest BCUT2D eigenvalue weighted by molar-refractivity contribution is 0.240. The predicted octanol–water partition coefficient (Wildman–Crippen LogP) is 2.77. The van der Waals surface area contributed by atoms with Crippen LogP contribution >= 0.6 is 11.6 Å². The van der Waals surface area contributed by atoms with Gasteiger partial charge in [-0.05, 0) is 30.6 Å². The van der Waals surface area contributed by atoms with E-state index in [1.807, 2.05) is 0 Å². The van der Waals surface area contributed by atoms with E-state index in [2.05, 4.69) is 20.8 Å². The molecule has 0 N–H and O–H groups in total. The zero-order valence-corrected chi connectivity index (χ0v) is 8.56. The van der Waals surface area contributed by atoms with Crippen molar-refractivity contribution in [3.8, 4) is 0 Å². The van der Waals surface area contributed by atoms with Crippen molar-refractivity contribution in [3.05, 3.63) is 0 Å². The van der Waals surface area contributed by atoms with E-state index in [1.54, 1.807) is 0 Å². The van der Waals surface area contributed by atoms with Gasteiger partial charge in [-0.3, -0.25) is 0 Å². The Morgan fingerprint density at radius 2 is 1.83 bits per heavy atom. The normalized spacial score (nSPS) is 36.2. The van der Waals surface area contributed by atoms with Gasteiger partial charge in [-0.2, -0.15) is 0 Å². The van der Waals surface area contributed by atoms with Crippen molar-refractivity contribution < 1.29 is 0 Å². The first-order valence-electron chi connectivity index (χ1n) is 4.75. The zero-order chi connectivity index (χ0) is 8.43. The van der Waals surface area contributed by atoms with Gasteiger partial charge in [0.1, 0.15) is 0 Å². The molecule has 3 atom stereocenters. The molecule has 1 rings (SSSR count). The molecule has 3 unspecified atom stereocenters. The largest absolute Gasteiger partial charge is 0.316 e. The molecule has 0 aromatic rings. The maximum atomic E-state index is 6.27. The molecule has 0 heterocycles. The van der Waals surface area contributed by atoms with Gasteiger partial charge in [-0.15, -0.1) is 11.6 Å². The van der Waals surface area contributed by atoms with E-state index in [-0.39, 0.29) is 23.1 Å². The molecule has 12 heavy (non-hydrogen) atoms. The van der Waals surface area contributed by atoms with Gasteiger partial charge in [-0.1, -0.05) is 27.2 Å². The van der Waals surface area contributed by atoms with E-state index in [0.29, 0.717) is 5.38 Å². The van der Waals surface area contributed by atoms with E-state index >= 15 is 0 Å². The Morgan fingerprint density at radius 1 is 1.25 bits per heavy atom. The summed E-state index contributed by atoms with van der Waals surface area (Å²) in [7, 11) is 0. The summed E-state index contributed by atoms with van der Waals surface area (Å²) in [6.07, 6.45) is 3.95. The molecular formula is C10H21ClMg. The van der Waals surface area contributed by atoms with Gasteiger partial charge in [0.25, 0.3) is 0 Å². The average Bonchev–Trinajstić information content (AvgIpc) is 1.85. The second-order valence-corrected chi connectivity index (χ2v) is 4.90. The maximum absolute atomic E-state index is 6.27. The molecule has 1 aliphatic carbocycles. The SMILES string of the molecule is CC1CCC(C(C)C)C(Cl)C1.[MgH2]. The van der Waals surface area contributed by atoms with Crippen LogP contribution in [0, 0.1) is 17.8 Å². The fourth-order valence-corrected chi connectivity index (χ4v) is 2.81. The lowest BCUT2D eigenvalue weighted by Gasteiger charge is -2.33. The third-order valence-electron chi connectivity index (χ3n) is 2.94. The lowest BCUT2D eigenvalue weighted by atomic mass is 9.77. The van der Waals surface area contributed by atoms with Crippen molar-refractivity contribution in [3.63, 3.8) is 0 Å². The molecule has 0 saturated heterocycles. The van der Waals surface area contributed by atoms with Gasteiger partial charge in [-0.25, -0.2) is 0 Å². The third-order valence-corrected chi connectivity index (χ3v) is 3.44. The Kier molecular flexibility index (Phi) is 6.22. The smallest absolute Gasteiger partial charge is 0.123 e. The topological polar surface area (TPSA) is 0 Å². The predicted molar refractivity (Wildman–Crippen MR) is 59.5 cm³/mol. The van der Waals surface area contributed by atoms with E-state index in [0.717, 1.165) is 17.8 Å². The van der Waals surface area contributed by atoms with Crippen molar-refractivity contribution in [1.82, 2.24) is 0 Å². The van der Waals surface area contributed by atoms with Crippen LogP contribution < -0.4 is 0 Å². The van der Waals surface area contributed by atoms with Crippen LogP contribution in [0.4, 0.5) is 0 Å². The molecule has 0 bridgehead atoms. The maximum Gasteiger partial charge on any atom is 0.316 e. The van der Waals surface area contributed by atoms with Gasteiger partial charge in [0.15, 0.2) is 0 Å². The van der Waals surface area contributed by atoms with Gasteiger partial charge >= 0.3 is 23.1 Å². The van der Waals surface area contributed by atoms with Crippen LogP contribution in [0.1, 0.15) is 40.0 Å². The summed E-state index contributed by atoms with van der Waals surface area (Å²) < 4.78 is 0. The van der Waals surface area contributed by atoms with Crippen molar-refractivity contribution >= 4 is 34.7 Å². The summed E-state index contributed by atoms with van der Waals surface area (Å²) in [5.41, 5.74) is 0. The first-order chi connectivity index (χ1) is 5.11. The molecule has 0 radical (unpaired) electrons. The Labute approximate surface area is 97.6 Å². The number of alkyl halides is 1. The molecule has 0 nitrogen and oxygen atoms in total. The van der Waals surface area contributed by atoms with Crippen molar-refractivity contribution in [2.24, 2.45) is 17.8 Å². The molecule has 0 aromatic heterocycles. The molecular weight excluding hydrogens is 180 g/mol. The van der Waals surface area contributed by atoms with Crippen LogP contribution in [-0.2, 0) is 0 Å². The number of hydrogen-bond acceptors (Lipinski definition) is 0. The summed E-state index contributed by atoms with van der Waals surface area (Å²) in [5, 5.41) is 0.443. The van der Waals surface area contributed by atoms with Gasteiger partial charge in [0, 0.05) is 5.38 Å². The van der Waals surface area contributed by atoms with E-state index in [9.17, 15) is 0 Å². The summed E-state index contributed by atoms with van der Waals surface area (Å²) in [4.78, 5) is 0. The second kappa shape index (κ2) is 5.72. The minimum absolute atomic E-state index is 0. The molecule has 0 spiro atoms. The molecule has 2 heteroatoms. The van der Waals surface area contributed by atoms with Crippen molar-refractivity contribution in [2.75, 3.05) is 0 Å². The monoisotopic (exact) mass is 200 g/mol. The van der Waals surface area contributed by atoms with Gasteiger partial charge in [0.2, 0.25) is 0 Å². The molecule has 0 amide bonds. The zero-order valence-electron chi connectivity index (χ0n) is 7.81. The number of halogens is 1. The van der Waals surface area contributed by atoms with Crippen LogP contribution in [0.5, 0.6) is 0 Å². The van der Waals surface area contributed by atoms with Crippen molar-refractivity contribution in [2.45, 2.75) is 45.4 Å². The van der Waals surface area contributed by atoms with Gasteiger partial charge in [0.05, 0.1) is 0 Å². The van der Waals surface area contributed by atoms with Crippen LogP contribution in [0.3, 0.4) is 0 Å². The van der Waals surface area contributed by atoms with Crippen LogP contribution in [0.2, 0.25) is 0 Å². The summed E-state index contributed by atoms with van der Waals surface area (Å²) >= 11 is 6.27. The summed E-state index contributed by atoms with van der Waals surface area (Å²) in [6, 6.07) is 0. The van der Waals surface area contributed by atoms with Crippen LogP contribution in [0.25, 0.3) is 0 Å². The number of rotatable bonds is 1. The van der Waals surface area contributed by atoms with Gasteiger partial charge < -0.3 is 0 Å². The van der Waals surface area contributed by atoms with E-state index < -0.39 is 0 Å². The molecule has 1 saturated carbocycles. The molecule has 1 aliphatic rings. The van der Waals surface area contributed by atoms with Crippen LogP contribution in [0.15, 0.2) is 0 Å². The highest BCUT2D eigenvalue weighted by molar-refractivity contribution is 6.20. The first-order valence-corrected chi connectivity index (χ1v) is 5.19. The highest BCUT2D eigenvalue weighted by Crippen LogP contribution is 2.36. The highest BCUT2D eigenvalue weighted by Gasteiger charge is 2.28. The molecule has 1 fully saturated rings. The molecule has 0 aliphatic heterocycles. The van der Waals surface area contributed by atoms with E-state index in [1.165, 1.54) is 19.3 Å². The minimum Gasteiger partial charge on any atom is -0.123 e. The minimum atomic E-state index is 0. The van der Waals surface area contributed by atoms with Crippen molar-refractivity contribution in [1.29, 1.82) is 0 Å². The molecule has 70 valence electrons. The van der Waals surface area contributed by atoms with Crippen LogP contribution in [-0.4, -0.2) is 28.4 Å². The average molecular weight is 201 g/mol. The summed E-state index contributed by atoms with van der Waals surface area (Å²) in [5.74, 6) is 2.39. The lowest BCUT2D eigenvalue weighted by Crippen LogP contribution is -2.27.